The van der Waals surface area contributed by atoms with Crippen LogP contribution in [0.15, 0.2) is 0 Å². The zero-order valence-electron chi connectivity index (χ0n) is 13.1. The van der Waals surface area contributed by atoms with Crippen LogP contribution in [-0.4, -0.2) is 66.8 Å². The third kappa shape index (κ3) is 5.34. The molecule has 7 heteroatoms. The molecule has 120 valence electrons. The summed E-state index contributed by atoms with van der Waals surface area (Å²) < 4.78 is 0. The molecular weight excluding hydrogens is 272 g/mol. The monoisotopic (exact) mass is 298 g/mol. The zero-order chi connectivity index (χ0) is 16.0. The number of hydrogen-bond donors (Lipinski definition) is 2. The summed E-state index contributed by atoms with van der Waals surface area (Å²) in [5.41, 5.74) is 5.69. The molecule has 1 aliphatic heterocycles. The van der Waals surface area contributed by atoms with Gasteiger partial charge in [-0.15, -0.1) is 0 Å². The molecule has 0 saturated carbocycles. The van der Waals surface area contributed by atoms with Gasteiger partial charge >= 0.3 is 0 Å². The molecule has 0 bridgehead atoms. The van der Waals surface area contributed by atoms with Crippen LogP contribution in [0, 0.1) is 5.92 Å². The van der Waals surface area contributed by atoms with Gasteiger partial charge in [-0.3, -0.25) is 14.4 Å². The molecule has 1 fully saturated rings. The van der Waals surface area contributed by atoms with Gasteiger partial charge in [0.2, 0.25) is 17.7 Å². The van der Waals surface area contributed by atoms with Crippen molar-refractivity contribution in [3.63, 3.8) is 0 Å². The summed E-state index contributed by atoms with van der Waals surface area (Å²) in [6, 6.07) is -0.630. The van der Waals surface area contributed by atoms with Crippen LogP contribution in [0.25, 0.3) is 0 Å². The van der Waals surface area contributed by atoms with Crippen molar-refractivity contribution >= 4 is 17.7 Å². The van der Waals surface area contributed by atoms with Gasteiger partial charge in [0.05, 0.1) is 19.1 Å². The number of carbonyl (C=O) groups excluding carboxylic acids is 3. The van der Waals surface area contributed by atoms with Crippen molar-refractivity contribution in [3.8, 4) is 0 Å². The van der Waals surface area contributed by atoms with Crippen LogP contribution in [0.2, 0.25) is 0 Å². The molecule has 3 N–H and O–H groups in total. The van der Waals surface area contributed by atoms with Gasteiger partial charge in [-0.2, -0.15) is 0 Å². The summed E-state index contributed by atoms with van der Waals surface area (Å²) in [5.74, 6) is -0.687. The summed E-state index contributed by atoms with van der Waals surface area (Å²) in [6.07, 6.45) is 2.04. The average Bonchev–Trinajstić information content (AvgIpc) is 2.97. The molecule has 1 heterocycles. The van der Waals surface area contributed by atoms with Crippen LogP contribution >= 0.6 is 0 Å². The van der Waals surface area contributed by atoms with Crippen molar-refractivity contribution in [3.05, 3.63) is 0 Å². The minimum Gasteiger partial charge on any atom is -0.346 e. The van der Waals surface area contributed by atoms with Crippen molar-refractivity contribution in [1.82, 2.24) is 15.1 Å². The van der Waals surface area contributed by atoms with Crippen molar-refractivity contribution < 1.29 is 14.4 Å². The number of amides is 3. The summed E-state index contributed by atoms with van der Waals surface area (Å²) in [5, 5.41) is 2.51. The Morgan fingerprint density at radius 3 is 2.33 bits per heavy atom. The Morgan fingerprint density at radius 2 is 1.81 bits per heavy atom. The average molecular weight is 298 g/mol. The van der Waals surface area contributed by atoms with Gasteiger partial charge in [-0.1, -0.05) is 13.8 Å². The lowest BCUT2D eigenvalue weighted by atomic mass is 10.1. The quantitative estimate of drug-likeness (QED) is 0.669. The van der Waals surface area contributed by atoms with Crippen molar-refractivity contribution in [2.24, 2.45) is 11.7 Å². The van der Waals surface area contributed by atoms with E-state index >= 15 is 0 Å². The van der Waals surface area contributed by atoms with E-state index in [2.05, 4.69) is 5.32 Å². The van der Waals surface area contributed by atoms with Gasteiger partial charge in [0.15, 0.2) is 0 Å². The lowest BCUT2D eigenvalue weighted by Crippen LogP contribution is -2.48. The molecule has 1 atom stereocenters. The molecule has 0 aliphatic carbocycles. The topological polar surface area (TPSA) is 95.7 Å². The van der Waals surface area contributed by atoms with E-state index in [1.165, 1.54) is 4.90 Å². The number of hydrogen-bond acceptors (Lipinski definition) is 4. The SMILES string of the molecule is CC(C)[C@H](N)C(=O)NCC(=O)N(C)CC(=O)N1CCCC1. The molecule has 0 aromatic carbocycles. The summed E-state index contributed by atoms with van der Waals surface area (Å²) in [7, 11) is 1.56. The van der Waals surface area contributed by atoms with Crippen LogP contribution in [0.3, 0.4) is 0 Å². The highest BCUT2D eigenvalue weighted by Crippen LogP contribution is 2.07. The maximum absolute atomic E-state index is 11.9. The Balaban J connectivity index is 2.33. The summed E-state index contributed by atoms with van der Waals surface area (Å²) in [6.45, 7) is 5.12. The first-order chi connectivity index (χ1) is 9.82. The Bertz CT molecular complexity index is 392. The fraction of sp³-hybridized carbons (Fsp3) is 0.786. The van der Waals surface area contributed by atoms with Crippen molar-refractivity contribution in [2.45, 2.75) is 32.7 Å². The lowest BCUT2D eigenvalue weighted by Gasteiger charge is -2.22. The fourth-order valence-electron chi connectivity index (χ4n) is 2.08. The molecule has 0 aromatic heterocycles. The third-order valence-electron chi connectivity index (χ3n) is 3.69. The Morgan fingerprint density at radius 1 is 1.24 bits per heavy atom. The van der Waals surface area contributed by atoms with E-state index in [1.54, 1.807) is 11.9 Å². The molecule has 1 aliphatic rings. The van der Waals surface area contributed by atoms with Crippen molar-refractivity contribution in [2.75, 3.05) is 33.2 Å². The largest absolute Gasteiger partial charge is 0.346 e. The summed E-state index contributed by atoms with van der Waals surface area (Å²) in [4.78, 5) is 38.6. The number of nitrogens with zero attached hydrogens (tertiary/aromatic N) is 2. The van der Waals surface area contributed by atoms with Crippen molar-refractivity contribution in [1.29, 1.82) is 0 Å². The molecule has 7 nitrogen and oxygen atoms in total. The number of nitrogens with two attached hydrogens (primary N) is 1. The van der Waals surface area contributed by atoms with Crippen LogP contribution in [-0.2, 0) is 14.4 Å². The van der Waals surface area contributed by atoms with E-state index in [0.717, 1.165) is 25.9 Å². The maximum Gasteiger partial charge on any atom is 0.242 e. The van der Waals surface area contributed by atoms with Gasteiger partial charge in [-0.25, -0.2) is 0 Å². The standard InChI is InChI=1S/C14H26N4O3/c1-10(2)13(15)14(21)16-8-11(19)17(3)9-12(20)18-6-4-5-7-18/h10,13H,4-9,15H2,1-3H3,(H,16,21)/t13-/m0/s1. The molecule has 3 amide bonds. The highest BCUT2D eigenvalue weighted by atomic mass is 16.2. The smallest absolute Gasteiger partial charge is 0.242 e. The van der Waals surface area contributed by atoms with E-state index < -0.39 is 6.04 Å². The maximum atomic E-state index is 11.9. The first-order valence-corrected chi connectivity index (χ1v) is 7.38. The predicted molar refractivity (Wildman–Crippen MR) is 79.3 cm³/mol. The first kappa shape index (κ1) is 17.4. The molecule has 0 aromatic rings. The minimum atomic E-state index is -0.630. The van der Waals surface area contributed by atoms with E-state index in [-0.39, 0.29) is 36.7 Å². The predicted octanol–water partition coefficient (Wildman–Crippen LogP) is -0.833. The van der Waals surface area contributed by atoms with E-state index in [4.69, 9.17) is 5.73 Å². The fourth-order valence-corrected chi connectivity index (χ4v) is 2.08. The van der Waals surface area contributed by atoms with Gasteiger partial charge < -0.3 is 20.9 Å². The summed E-state index contributed by atoms with van der Waals surface area (Å²) >= 11 is 0. The van der Waals surface area contributed by atoms with Gasteiger partial charge in [-0.05, 0) is 18.8 Å². The Labute approximate surface area is 125 Å². The second-order valence-electron chi connectivity index (χ2n) is 5.83. The molecule has 0 unspecified atom stereocenters. The van der Waals surface area contributed by atoms with Gasteiger partial charge in [0.25, 0.3) is 0 Å². The van der Waals surface area contributed by atoms with Gasteiger partial charge in [0, 0.05) is 20.1 Å². The molecular formula is C14H26N4O3. The third-order valence-corrected chi connectivity index (χ3v) is 3.69. The zero-order valence-corrected chi connectivity index (χ0v) is 13.1. The number of likely N-dealkylation sites (N-methyl/N-ethyl adjacent to an activating group) is 1. The minimum absolute atomic E-state index is 0.00887. The number of nitrogens with one attached hydrogen (secondary N) is 1. The Hall–Kier alpha value is -1.63. The normalized spacial score (nSPS) is 16.0. The number of likely N-dealkylation sites (tertiary alicyclic amines) is 1. The first-order valence-electron chi connectivity index (χ1n) is 7.38. The number of rotatable bonds is 6. The van der Waals surface area contributed by atoms with E-state index in [1.807, 2.05) is 13.8 Å². The lowest BCUT2D eigenvalue weighted by molar-refractivity contribution is -0.139. The molecule has 21 heavy (non-hydrogen) atoms. The molecule has 1 saturated heterocycles. The van der Waals surface area contributed by atoms with Crippen LogP contribution < -0.4 is 11.1 Å². The highest BCUT2D eigenvalue weighted by molar-refractivity contribution is 5.89. The number of carbonyl (C=O) groups is 3. The van der Waals surface area contributed by atoms with E-state index in [9.17, 15) is 14.4 Å². The van der Waals surface area contributed by atoms with Crippen LogP contribution in [0.1, 0.15) is 26.7 Å². The Kier molecular flexibility index (Phi) is 6.61. The van der Waals surface area contributed by atoms with Gasteiger partial charge in [0.1, 0.15) is 0 Å². The van der Waals surface area contributed by atoms with E-state index in [0.29, 0.717) is 0 Å². The second kappa shape index (κ2) is 7.97. The second-order valence-corrected chi connectivity index (χ2v) is 5.83. The molecule has 0 spiro atoms. The van der Waals surface area contributed by atoms with Crippen LogP contribution in [0.5, 0.6) is 0 Å². The highest BCUT2D eigenvalue weighted by Gasteiger charge is 2.22. The molecule has 1 rings (SSSR count). The van der Waals surface area contributed by atoms with Crippen LogP contribution in [0.4, 0.5) is 0 Å². The molecule has 0 radical (unpaired) electrons.